The number of hydrogen-bond acceptors (Lipinski definition) is 5. The second-order valence-corrected chi connectivity index (χ2v) is 8.37. The first-order valence-corrected chi connectivity index (χ1v) is 11.3. The summed E-state index contributed by atoms with van der Waals surface area (Å²) >= 11 is 5.74. The second kappa shape index (κ2) is 11.5. The number of H-pyrrole nitrogens is 1. The van der Waals surface area contributed by atoms with Gasteiger partial charge in [0.15, 0.2) is 0 Å². The summed E-state index contributed by atoms with van der Waals surface area (Å²) < 4.78 is 31.7. The molecule has 184 valence electrons. The van der Waals surface area contributed by atoms with Gasteiger partial charge in [-0.05, 0) is 92.4 Å². The van der Waals surface area contributed by atoms with Gasteiger partial charge in [0.05, 0.1) is 0 Å². The molecule has 4 N–H and O–H groups in total. The van der Waals surface area contributed by atoms with Crippen molar-refractivity contribution in [3.05, 3.63) is 46.5 Å². The molecule has 1 aromatic heterocycles. The van der Waals surface area contributed by atoms with Crippen LogP contribution in [0.2, 0.25) is 5.28 Å². The Kier molecular flexibility index (Phi) is 8.67. The molecular formula is C22H25ClF3N5O3. The van der Waals surface area contributed by atoms with Crippen LogP contribution in [0.4, 0.5) is 18.9 Å². The van der Waals surface area contributed by atoms with Crippen LogP contribution in [0.15, 0.2) is 24.3 Å². The molecule has 2 aromatic rings. The van der Waals surface area contributed by atoms with Gasteiger partial charge in [-0.3, -0.25) is 4.79 Å². The number of carbonyl (C=O) groups excluding carboxylic acids is 1. The van der Waals surface area contributed by atoms with E-state index < -0.39 is 12.1 Å². The number of anilines is 1. The maximum atomic E-state index is 12.5. The van der Waals surface area contributed by atoms with E-state index in [0.717, 1.165) is 50.0 Å². The summed E-state index contributed by atoms with van der Waals surface area (Å²) in [4.78, 5) is 25.3. The minimum Gasteiger partial charge on any atom is -0.475 e. The van der Waals surface area contributed by atoms with Gasteiger partial charge in [0, 0.05) is 11.3 Å². The number of piperidine rings is 1. The van der Waals surface area contributed by atoms with Crippen LogP contribution in [0, 0.1) is 0 Å². The van der Waals surface area contributed by atoms with Gasteiger partial charge in [-0.2, -0.15) is 18.2 Å². The molecule has 2 aliphatic rings. The fourth-order valence-corrected chi connectivity index (χ4v) is 4.07. The molecule has 1 saturated heterocycles. The average Bonchev–Trinajstić information content (AvgIpc) is 3.27. The van der Waals surface area contributed by atoms with Crippen molar-refractivity contribution >= 4 is 34.7 Å². The number of carboxylic acid groups (broad SMARTS) is 1. The van der Waals surface area contributed by atoms with E-state index in [0.29, 0.717) is 5.92 Å². The van der Waals surface area contributed by atoms with Crippen molar-refractivity contribution in [3.63, 3.8) is 0 Å². The predicted molar refractivity (Wildman–Crippen MR) is 121 cm³/mol. The number of allylic oxidation sites excluding steroid dienone is 2. The van der Waals surface area contributed by atoms with Crippen LogP contribution in [0.5, 0.6) is 0 Å². The smallest absolute Gasteiger partial charge is 0.475 e. The van der Waals surface area contributed by atoms with Crippen molar-refractivity contribution in [1.29, 1.82) is 0 Å². The molecule has 34 heavy (non-hydrogen) atoms. The second-order valence-electron chi connectivity index (χ2n) is 8.01. The number of benzene rings is 1. The van der Waals surface area contributed by atoms with Gasteiger partial charge in [0.25, 0.3) is 5.91 Å². The quantitative estimate of drug-likeness (QED) is 0.481. The fraction of sp³-hybridized carbons (Fsp3) is 0.455. The van der Waals surface area contributed by atoms with Crippen molar-refractivity contribution in [2.24, 2.45) is 0 Å². The lowest BCUT2D eigenvalue weighted by Gasteiger charge is -2.25. The van der Waals surface area contributed by atoms with E-state index in [2.05, 4.69) is 44.0 Å². The van der Waals surface area contributed by atoms with Gasteiger partial charge >= 0.3 is 12.1 Å². The number of aliphatic carboxylic acids is 1. The number of aromatic nitrogens is 3. The number of carboxylic acids is 1. The molecule has 1 aromatic carbocycles. The van der Waals surface area contributed by atoms with Crippen molar-refractivity contribution < 1.29 is 27.9 Å². The molecule has 0 unspecified atom stereocenters. The number of halogens is 4. The Morgan fingerprint density at radius 3 is 2.44 bits per heavy atom. The molecule has 0 atom stereocenters. The van der Waals surface area contributed by atoms with Crippen molar-refractivity contribution in [1.82, 2.24) is 20.5 Å². The van der Waals surface area contributed by atoms with E-state index in [1.807, 2.05) is 6.07 Å². The number of amides is 1. The summed E-state index contributed by atoms with van der Waals surface area (Å²) in [7, 11) is 0. The monoisotopic (exact) mass is 499 g/mol. The molecule has 2 heterocycles. The Hall–Kier alpha value is -2.92. The van der Waals surface area contributed by atoms with Crippen LogP contribution in [0.1, 0.15) is 66.2 Å². The summed E-state index contributed by atoms with van der Waals surface area (Å²) in [5.41, 5.74) is 4.62. The van der Waals surface area contributed by atoms with Gasteiger partial charge < -0.3 is 15.7 Å². The third-order valence-electron chi connectivity index (χ3n) is 5.64. The minimum atomic E-state index is -5.08. The third-order valence-corrected chi connectivity index (χ3v) is 5.81. The molecule has 0 spiro atoms. The minimum absolute atomic E-state index is 0.0472. The molecule has 1 aliphatic carbocycles. The maximum Gasteiger partial charge on any atom is 0.490 e. The van der Waals surface area contributed by atoms with Gasteiger partial charge in [-0.25, -0.2) is 9.89 Å². The van der Waals surface area contributed by atoms with Crippen molar-refractivity contribution in [3.8, 4) is 0 Å². The maximum absolute atomic E-state index is 12.5. The molecular weight excluding hydrogens is 475 g/mol. The third kappa shape index (κ3) is 7.04. The average molecular weight is 500 g/mol. The van der Waals surface area contributed by atoms with E-state index in [1.54, 1.807) is 0 Å². The molecule has 0 bridgehead atoms. The number of hydrogen-bond donors (Lipinski definition) is 4. The lowest BCUT2D eigenvalue weighted by atomic mass is 9.86. The van der Waals surface area contributed by atoms with Crippen molar-refractivity contribution in [2.75, 3.05) is 18.4 Å². The topological polar surface area (TPSA) is 120 Å². The lowest BCUT2D eigenvalue weighted by Crippen LogP contribution is -2.26. The highest BCUT2D eigenvalue weighted by molar-refractivity contribution is 6.28. The Bertz CT molecular complexity index is 1050. The highest BCUT2D eigenvalue weighted by Gasteiger charge is 2.38. The Morgan fingerprint density at radius 2 is 1.88 bits per heavy atom. The molecule has 8 nitrogen and oxygen atoms in total. The van der Waals surface area contributed by atoms with E-state index in [-0.39, 0.29) is 17.0 Å². The van der Waals surface area contributed by atoms with Crippen LogP contribution >= 0.6 is 11.6 Å². The SMILES string of the molecule is O=C(Nc1ccc(C2CCNCC2)cc1C1=CCCCC1)c1n[nH]c(Cl)n1.O=C(O)C(F)(F)F. The fourth-order valence-electron chi connectivity index (χ4n) is 3.95. The van der Waals surface area contributed by atoms with Gasteiger partial charge in [0.2, 0.25) is 11.1 Å². The lowest BCUT2D eigenvalue weighted by molar-refractivity contribution is -0.192. The molecule has 1 amide bonds. The Balaban J connectivity index is 0.000000406. The van der Waals surface area contributed by atoms with Crippen molar-refractivity contribution in [2.45, 2.75) is 50.6 Å². The number of alkyl halides is 3. The first-order chi connectivity index (χ1) is 16.1. The number of carbonyl (C=O) groups is 2. The molecule has 4 rings (SSSR count). The molecule has 1 fully saturated rings. The van der Waals surface area contributed by atoms with E-state index in [4.69, 9.17) is 21.5 Å². The predicted octanol–water partition coefficient (Wildman–Crippen LogP) is 4.77. The van der Waals surface area contributed by atoms with Gasteiger partial charge in [0.1, 0.15) is 0 Å². The molecule has 1 aliphatic heterocycles. The number of nitrogens with zero attached hydrogens (tertiary/aromatic N) is 2. The summed E-state index contributed by atoms with van der Waals surface area (Å²) in [6.45, 7) is 2.12. The first-order valence-electron chi connectivity index (χ1n) is 10.9. The van der Waals surface area contributed by atoms with Crippen LogP contribution in [-0.2, 0) is 4.79 Å². The Labute approximate surface area is 199 Å². The van der Waals surface area contributed by atoms with Crippen LogP contribution < -0.4 is 10.6 Å². The van der Waals surface area contributed by atoms with E-state index >= 15 is 0 Å². The highest BCUT2D eigenvalue weighted by atomic mass is 35.5. The largest absolute Gasteiger partial charge is 0.490 e. The summed E-state index contributed by atoms with van der Waals surface area (Å²) in [6.07, 6.45) is 4.09. The van der Waals surface area contributed by atoms with E-state index in [9.17, 15) is 18.0 Å². The first kappa shape index (κ1) is 25.7. The van der Waals surface area contributed by atoms with Gasteiger partial charge in [-0.1, -0.05) is 12.1 Å². The zero-order chi connectivity index (χ0) is 24.7. The van der Waals surface area contributed by atoms with Crippen LogP contribution in [0.25, 0.3) is 5.57 Å². The number of aromatic amines is 1. The van der Waals surface area contributed by atoms with Crippen LogP contribution in [0.3, 0.4) is 0 Å². The number of nitrogens with one attached hydrogen (secondary N) is 3. The van der Waals surface area contributed by atoms with E-state index in [1.165, 1.54) is 24.0 Å². The number of rotatable bonds is 4. The zero-order valence-corrected chi connectivity index (χ0v) is 19.0. The zero-order valence-electron chi connectivity index (χ0n) is 18.2. The summed E-state index contributed by atoms with van der Waals surface area (Å²) in [5, 5.41) is 20.0. The normalized spacial score (nSPS) is 16.8. The van der Waals surface area contributed by atoms with Crippen LogP contribution in [-0.4, -0.2) is 51.4 Å². The molecule has 0 saturated carbocycles. The standard InChI is InChI=1S/C20H24ClN5O.C2HF3O2/c21-20-24-18(25-26-20)19(27)23-17-7-6-15(13-8-10-22-11-9-13)12-16(17)14-4-2-1-3-5-14;3-2(4,5)1(6)7/h4,6-7,12-13,22H,1-3,5,8-11H2,(H,23,27)(H,24,25,26);(H,6,7). The summed E-state index contributed by atoms with van der Waals surface area (Å²) in [5.74, 6) is -2.49. The Morgan fingerprint density at radius 1 is 1.18 bits per heavy atom. The molecule has 0 radical (unpaired) electrons. The molecule has 12 heteroatoms. The highest BCUT2D eigenvalue weighted by Crippen LogP contribution is 2.35. The van der Waals surface area contributed by atoms with Gasteiger partial charge in [-0.15, -0.1) is 5.10 Å². The summed E-state index contributed by atoms with van der Waals surface area (Å²) in [6, 6.07) is 6.44.